The van der Waals surface area contributed by atoms with Crippen LogP contribution in [0.15, 0.2) is 24.3 Å². The third kappa shape index (κ3) is 2.13. The maximum Gasteiger partial charge on any atom is 0.161 e. The van der Waals surface area contributed by atoms with E-state index in [9.17, 15) is 4.39 Å². The fraction of sp³-hybridized carbons (Fsp3) is 0.0909. The zero-order valence-electron chi connectivity index (χ0n) is 8.54. The van der Waals surface area contributed by atoms with Gasteiger partial charge in [0.1, 0.15) is 11.6 Å². The first-order chi connectivity index (χ1) is 7.58. The van der Waals surface area contributed by atoms with Gasteiger partial charge in [-0.1, -0.05) is 0 Å². The van der Waals surface area contributed by atoms with Crippen LogP contribution in [0.2, 0.25) is 0 Å². The Kier molecular flexibility index (Phi) is 3.04. The van der Waals surface area contributed by atoms with Gasteiger partial charge < -0.3 is 5.73 Å². The van der Waals surface area contributed by atoms with Gasteiger partial charge in [0.25, 0.3) is 0 Å². The molecule has 1 aromatic heterocycles. The highest BCUT2D eigenvalue weighted by Gasteiger charge is 2.08. The van der Waals surface area contributed by atoms with Crippen LogP contribution >= 0.6 is 22.6 Å². The number of benzene rings is 1. The molecule has 0 saturated carbocycles. The lowest BCUT2D eigenvalue weighted by molar-refractivity contribution is 0.628. The first-order valence-corrected chi connectivity index (χ1v) is 5.71. The van der Waals surface area contributed by atoms with Crippen molar-refractivity contribution in [2.45, 2.75) is 6.92 Å². The smallest absolute Gasteiger partial charge is 0.161 e. The summed E-state index contributed by atoms with van der Waals surface area (Å²) < 4.78 is 13.6. The number of rotatable bonds is 1. The number of nitrogens with zero attached hydrogens (tertiary/aromatic N) is 2. The van der Waals surface area contributed by atoms with E-state index in [0.717, 1.165) is 14.8 Å². The van der Waals surface area contributed by atoms with Crippen LogP contribution in [0.25, 0.3) is 11.4 Å². The monoisotopic (exact) mass is 329 g/mol. The Hall–Kier alpha value is -1.24. The van der Waals surface area contributed by atoms with Crippen molar-refractivity contribution in [3.63, 3.8) is 0 Å². The Labute approximate surface area is 106 Å². The van der Waals surface area contributed by atoms with Crippen molar-refractivity contribution >= 4 is 28.4 Å². The first-order valence-electron chi connectivity index (χ1n) is 4.63. The summed E-state index contributed by atoms with van der Waals surface area (Å²) in [6.07, 6.45) is 0. The van der Waals surface area contributed by atoms with Crippen molar-refractivity contribution in [3.8, 4) is 11.4 Å². The number of nitrogen functional groups attached to an aromatic ring is 1. The Balaban J connectivity index is 2.52. The second-order valence-corrected chi connectivity index (χ2v) is 4.42. The number of hydrogen-bond acceptors (Lipinski definition) is 3. The van der Waals surface area contributed by atoms with Gasteiger partial charge in [-0.25, -0.2) is 14.4 Å². The molecule has 1 heterocycles. The average Bonchev–Trinajstić information content (AvgIpc) is 2.26. The van der Waals surface area contributed by atoms with E-state index < -0.39 is 0 Å². The molecular formula is C11H9FIN3. The van der Waals surface area contributed by atoms with Crippen molar-refractivity contribution in [1.29, 1.82) is 0 Å². The van der Waals surface area contributed by atoms with E-state index in [2.05, 4.69) is 32.6 Å². The first kappa shape index (κ1) is 11.3. The van der Waals surface area contributed by atoms with Crippen LogP contribution < -0.4 is 5.73 Å². The Morgan fingerprint density at radius 1 is 1.19 bits per heavy atom. The van der Waals surface area contributed by atoms with Crippen LogP contribution in [0.5, 0.6) is 0 Å². The SMILES string of the molecule is Cc1nc(-c2ccc(F)cc2)nc(N)c1I. The van der Waals surface area contributed by atoms with E-state index in [1.54, 1.807) is 12.1 Å². The zero-order chi connectivity index (χ0) is 11.7. The van der Waals surface area contributed by atoms with Gasteiger partial charge in [0, 0.05) is 5.56 Å². The minimum absolute atomic E-state index is 0.279. The Morgan fingerprint density at radius 3 is 2.38 bits per heavy atom. The van der Waals surface area contributed by atoms with Gasteiger partial charge in [0.15, 0.2) is 5.82 Å². The summed E-state index contributed by atoms with van der Waals surface area (Å²) in [7, 11) is 0. The molecule has 0 aliphatic rings. The molecule has 5 heteroatoms. The lowest BCUT2D eigenvalue weighted by Crippen LogP contribution is -2.02. The maximum absolute atomic E-state index is 12.8. The summed E-state index contributed by atoms with van der Waals surface area (Å²) in [5.41, 5.74) is 7.34. The van der Waals surface area contributed by atoms with Gasteiger partial charge in [-0.2, -0.15) is 0 Å². The van der Waals surface area contributed by atoms with Crippen LogP contribution in [0.3, 0.4) is 0 Å². The van der Waals surface area contributed by atoms with Gasteiger partial charge in [-0.05, 0) is 53.8 Å². The van der Waals surface area contributed by atoms with Crippen LogP contribution in [0, 0.1) is 16.3 Å². The molecule has 0 unspecified atom stereocenters. The summed E-state index contributed by atoms with van der Waals surface area (Å²) in [6, 6.07) is 6.02. The molecule has 0 spiro atoms. The van der Waals surface area contributed by atoms with E-state index in [1.165, 1.54) is 12.1 Å². The summed E-state index contributed by atoms with van der Waals surface area (Å²) >= 11 is 2.10. The highest BCUT2D eigenvalue weighted by molar-refractivity contribution is 14.1. The lowest BCUT2D eigenvalue weighted by atomic mass is 10.2. The molecule has 82 valence electrons. The second-order valence-electron chi connectivity index (χ2n) is 3.34. The molecule has 0 amide bonds. The second kappa shape index (κ2) is 4.32. The third-order valence-electron chi connectivity index (χ3n) is 2.14. The van der Waals surface area contributed by atoms with Crippen LogP contribution in [0.4, 0.5) is 10.2 Å². The molecule has 0 saturated heterocycles. The number of nitrogens with two attached hydrogens (primary N) is 1. The molecule has 2 N–H and O–H groups in total. The fourth-order valence-electron chi connectivity index (χ4n) is 1.31. The standard InChI is InChI=1S/C11H9FIN3/c1-6-9(13)10(14)16-11(15-6)7-2-4-8(12)5-3-7/h2-5H,1H3,(H2,14,15,16). The Morgan fingerprint density at radius 2 is 1.81 bits per heavy atom. The minimum Gasteiger partial charge on any atom is -0.383 e. The molecule has 0 bridgehead atoms. The van der Waals surface area contributed by atoms with E-state index in [-0.39, 0.29) is 5.82 Å². The summed E-state index contributed by atoms with van der Waals surface area (Å²) in [5.74, 6) is 0.696. The number of hydrogen-bond donors (Lipinski definition) is 1. The van der Waals surface area contributed by atoms with Gasteiger partial charge in [0.2, 0.25) is 0 Å². The number of halogens is 2. The summed E-state index contributed by atoms with van der Waals surface area (Å²) in [5, 5.41) is 0. The third-order valence-corrected chi connectivity index (χ3v) is 3.48. The number of aryl methyl sites for hydroxylation is 1. The van der Waals surface area contributed by atoms with Gasteiger partial charge in [-0.15, -0.1) is 0 Å². The molecule has 2 aromatic rings. The number of anilines is 1. The predicted molar refractivity (Wildman–Crippen MR) is 69.3 cm³/mol. The molecule has 0 fully saturated rings. The predicted octanol–water partition coefficient (Wildman–Crippen LogP) is 2.78. The van der Waals surface area contributed by atoms with E-state index in [1.807, 2.05) is 6.92 Å². The molecular weight excluding hydrogens is 320 g/mol. The largest absolute Gasteiger partial charge is 0.383 e. The summed E-state index contributed by atoms with van der Waals surface area (Å²) in [4.78, 5) is 8.48. The van der Waals surface area contributed by atoms with Gasteiger partial charge in [0.05, 0.1) is 9.26 Å². The zero-order valence-corrected chi connectivity index (χ0v) is 10.7. The molecule has 0 aliphatic carbocycles. The van der Waals surface area contributed by atoms with Crippen LogP contribution in [0.1, 0.15) is 5.69 Å². The highest BCUT2D eigenvalue weighted by atomic mass is 127. The molecule has 16 heavy (non-hydrogen) atoms. The van der Waals surface area contributed by atoms with Crippen molar-refractivity contribution in [2.24, 2.45) is 0 Å². The molecule has 0 aliphatic heterocycles. The molecule has 3 nitrogen and oxygen atoms in total. The Bertz CT molecular complexity index is 502. The van der Waals surface area contributed by atoms with Gasteiger partial charge >= 0.3 is 0 Å². The van der Waals surface area contributed by atoms with Crippen molar-refractivity contribution < 1.29 is 4.39 Å². The van der Waals surface area contributed by atoms with E-state index in [4.69, 9.17) is 5.73 Å². The van der Waals surface area contributed by atoms with Gasteiger partial charge in [-0.3, -0.25) is 0 Å². The topological polar surface area (TPSA) is 51.8 Å². The molecule has 0 radical (unpaired) electrons. The van der Waals surface area contributed by atoms with Crippen molar-refractivity contribution in [3.05, 3.63) is 39.3 Å². The molecule has 2 rings (SSSR count). The highest BCUT2D eigenvalue weighted by Crippen LogP contribution is 2.21. The maximum atomic E-state index is 12.8. The average molecular weight is 329 g/mol. The lowest BCUT2D eigenvalue weighted by Gasteiger charge is -2.05. The normalized spacial score (nSPS) is 10.4. The quantitative estimate of drug-likeness (QED) is 0.819. The minimum atomic E-state index is -0.279. The molecule has 0 atom stereocenters. The van der Waals surface area contributed by atoms with E-state index in [0.29, 0.717) is 11.6 Å². The van der Waals surface area contributed by atoms with Crippen LogP contribution in [-0.4, -0.2) is 9.97 Å². The number of aromatic nitrogens is 2. The molecule has 1 aromatic carbocycles. The van der Waals surface area contributed by atoms with Crippen LogP contribution in [-0.2, 0) is 0 Å². The summed E-state index contributed by atoms with van der Waals surface area (Å²) in [6.45, 7) is 1.87. The van der Waals surface area contributed by atoms with Crippen molar-refractivity contribution in [2.75, 3.05) is 5.73 Å². The van der Waals surface area contributed by atoms with E-state index >= 15 is 0 Å². The van der Waals surface area contributed by atoms with Crippen molar-refractivity contribution in [1.82, 2.24) is 9.97 Å². The fourth-order valence-corrected chi connectivity index (χ4v) is 1.55.